The van der Waals surface area contributed by atoms with E-state index in [0.29, 0.717) is 11.0 Å². The van der Waals surface area contributed by atoms with E-state index in [4.69, 9.17) is 16.8 Å². The van der Waals surface area contributed by atoms with Gasteiger partial charge in [-0.1, -0.05) is 11.2 Å². The van der Waals surface area contributed by atoms with E-state index in [9.17, 15) is 26.3 Å². The van der Waals surface area contributed by atoms with Gasteiger partial charge in [0.2, 0.25) is 5.89 Å². The van der Waals surface area contributed by atoms with Gasteiger partial charge >= 0.3 is 12.4 Å². The minimum atomic E-state index is -4.89. The highest BCUT2D eigenvalue weighted by Crippen LogP contribution is 2.39. The zero-order chi connectivity index (χ0) is 20.2. The Bertz CT molecular complexity index is 823. The maximum Gasteiger partial charge on any atom is 0.407 e. The van der Waals surface area contributed by atoms with Crippen LogP contribution >= 0.6 is 0 Å². The molecule has 0 saturated carbocycles. The van der Waals surface area contributed by atoms with Crippen LogP contribution in [0.15, 0.2) is 22.7 Å². The molecule has 146 valence electrons. The van der Waals surface area contributed by atoms with Crippen molar-refractivity contribution in [3.63, 3.8) is 0 Å². The van der Waals surface area contributed by atoms with Crippen LogP contribution in [-0.2, 0) is 19.1 Å². The molecule has 0 aliphatic rings. The number of anilines is 1. The van der Waals surface area contributed by atoms with Crippen LogP contribution in [0.3, 0.4) is 0 Å². The first-order valence-electron chi connectivity index (χ1n) is 7.45. The molecule has 6 nitrogen and oxygen atoms in total. The molecule has 27 heavy (non-hydrogen) atoms. The minimum absolute atomic E-state index is 0.110. The van der Waals surface area contributed by atoms with Crippen LogP contribution < -0.4 is 10.6 Å². The number of nitrogens with two attached hydrogens (primary N) is 1. The van der Waals surface area contributed by atoms with Gasteiger partial charge in [-0.2, -0.15) is 31.3 Å². The molecule has 0 aliphatic heterocycles. The molecule has 0 unspecified atom stereocenters. The zero-order valence-corrected chi connectivity index (χ0v) is 13.6. The lowest BCUT2D eigenvalue weighted by Gasteiger charge is -2.25. The SMILES string of the molecule is [C-]#[N+]c1ccc(N(Cc2noc(CCN)n2)CC(F)(F)F)cc1C(F)(F)F. The van der Waals surface area contributed by atoms with Gasteiger partial charge in [0.25, 0.3) is 0 Å². The predicted octanol–water partition coefficient (Wildman–Crippen LogP) is 3.71. The molecule has 0 fully saturated rings. The van der Waals surface area contributed by atoms with Gasteiger partial charge in [0.1, 0.15) is 6.54 Å². The monoisotopic (exact) mass is 393 g/mol. The van der Waals surface area contributed by atoms with Gasteiger partial charge in [0, 0.05) is 18.7 Å². The van der Waals surface area contributed by atoms with E-state index in [1.54, 1.807) is 0 Å². The number of hydrogen-bond donors (Lipinski definition) is 1. The van der Waals surface area contributed by atoms with Crippen molar-refractivity contribution in [2.45, 2.75) is 25.3 Å². The van der Waals surface area contributed by atoms with Gasteiger partial charge in [-0.25, -0.2) is 4.85 Å². The molecular weight excluding hydrogens is 380 g/mol. The van der Waals surface area contributed by atoms with Crippen LogP contribution in [0.25, 0.3) is 4.85 Å². The van der Waals surface area contributed by atoms with Crippen molar-refractivity contribution >= 4 is 11.4 Å². The van der Waals surface area contributed by atoms with Crippen LogP contribution in [0, 0.1) is 6.57 Å². The third-order valence-electron chi connectivity index (χ3n) is 3.34. The molecule has 0 bridgehead atoms. The number of benzene rings is 1. The van der Waals surface area contributed by atoms with Gasteiger partial charge in [0.15, 0.2) is 11.5 Å². The second-order valence-electron chi connectivity index (χ2n) is 5.43. The van der Waals surface area contributed by atoms with Gasteiger partial charge < -0.3 is 15.2 Å². The summed E-state index contributed by atoms with van der Waals surface area (Å²) in [5, 5.41) is 3.51. The van der Waals surface area contributed by atoms with Crippen LogP contribution in [-0.4, -0.2) is 29.4 Å². The lowest BCUT2D eigenvalue weighted by molar-refractivity contribution is -0.136. The maximum atomic E-state index is 13.1. The van der Waals surface area contributed by atoms with Crippen molar-refractivity contribution in [1.82, 2.24) is 10.1 Å². The molecule has 2 aromatic rings. The van der Waals surface area contributed by atoms with Gasteiger partial charge in [0.05, 0.1) is 18.7 Å². The van der Waals surface area contributed by atoms with Crippen molar-refractivity contribution in [3.05, 3.63) is 46.9 Å². The van der Waals surface area contributed by atoms with Crippen LogP contribution in [0.1, 0.15) is 17.3 Å². The summed E-state index contributed by atoms with van der Waals surface area (Å²) in [6, 6.07) is 2.33. The topological polar surface area (TPSA) is 72.5 Å². The number of aromatic nitrogens is 2. The standard InChI is InChI=1S/C15H13F6N5O/c1-23-11-3-2-9(6-10(11)15(19,20)21)26(8-14(16,17)18)7-12-24-13(4-5-22)27-25-12/h2-3,6H,4-5,7-8,22H2. The number of hydrogen-bond acceptors (Lipinski definition) is 5. The Morgan fingerprint density at radius 1 is 1.19 bits per heavy atom. The minimum Gasteiger partial charge on any atom is -0.355 e. The third kappa shape index (κ3) is 5.58. The smallest absolute Gasteiger partial charge is 0.355 e. The second kappa shape index (κ2) is 7.83. The Balaban J connectivity index is 2.40. The summed E-state index contributed by atoms with van der Waals surface area (Å²) in [4.78, 5) is 7.25. The molecule has 0 aliphatic carbocycles. The van der Waals surface area contributed by atoms with Gasteiger partial charge in [-0.3, -0.25) is 0 Å². The average Bonchev–Trinajstić information content (AvgIpc) is 2.99. The first-order valence-corrected chi connectivity index (χ1v) is 7.45. The first kappa shape index (κ1) is 20.5. The lowest BCUT2D eigenvalue weighted by atomic mass is 10.1. The molecule has 12 heteroatoms. The summed E-state index contributed by atoms with van der Waals surface area (Å²) < 4.78 is 82.8. The zero-order valence-electron chi connectivity index (χ0n) is 13.6. The molecule has 0 radical (unpaired) electrons. The van der Waals surface area contributed by atoms with Crippen molar-refractivity contribution in [3.8, 4) is 0 Å². The molecule has 2 N–H and O–H groups in total. The number of alkyl halides is 6. The molecule has 0 saturated heterocycles. The highest BCUT2D eigenvalue weighted by atomic mass is 19.4. The Kier molecular flexibility index (Phi) is 5.94. The van der Waals surface area contributed by atoms with Crippen LogP contribution in [0.2, 0.25) is 0 Å². The lowest BCUT2D eigenvalue weighted by Crippen LogP contribution is -2.34. The number of rotatable bonds is 6. The molecule has 0 atom stereocenters. The molecule has 1 aromatic heterocycles. The largest absolute Gasteiger partial charge is 0.407 e. The highest BCUT2D eigenvalue weighted by Gasteiger charge is 2.36. The molecule has 1 heterocycles. The van der Waals surface area contributed by atoms with E-state index < -0.39 is 36.7 Å². The first-order chi connectivity index (χ1) is 12.5. The fourth-order valence-electron chi connectivity index (χ4n) is 2.25. The van der Waals surface area contributed by atoms with E-state index in [1.807, 2.05) is 0 Å². The molecule has 2 rings (SSSR count). The molecule has 0 amide bonds. The molecule has 0 spiro atoms. The van der Waals surface area contributed by atoms with Gasteiger partial charge in [-0.15, -0.1) is 0 Å². The van der Waals surface area contributed by atoms with Gasteiger partial charge in [-0.05, 0) is 12.1 Å². The average molecular weight is 393 g/mol. The quantitative estimate of drug-likeness (QED) is 0.599. The molecule has 1 aromatic carbocycles. The Hall–Kier alpha value is -2.81. The predicted molar refractivity (Wildman–Crippen MR) is 81.9 cm³/mol. The highest BCUT2D eigenvalue weighted by molar-refractivity contribution is 5.62. The fraction of sp³-hybridized carbons (Fsp3) is 0.400. The van der Waals surface area contributed by atoms with E-state index >= 15 is 0 Å². The van der Waals surface area contributed by atoms with Crippen molar-refractivity contribution in [2.24, 2.45) is 5.73 Å². The van der Waals surface area contributed by atoms with E-state index in [1.165, 1.54) is 0 Å². The van der Waals surface area contributed by atoms with E-state index in [2.05, 4.69) is 15.0 Å². The molecular formula is C15H13F6N5O. The Morgan fingerprint density at radius 3 is 2.44 bits per heavy atom. The third-order valence-corrected chi connectivity index (χ3v) is 3.34. The van der Waals surface area contributed by atoms with Crippen molar-refractivity contribution in [1.29, 1.82) is 0 Å². The summed E-state index contributed by atoms with van der Waals surface area (Å²) in [7, 11) is 0. The number of nitrogens with zero attached hydrogens (tertiary/aromatic N) is 4. The summed E-state index contributed by atoms with van der Waals surface area (Å²) in [6.07, 6.45) is -9.37. The van der Waals surface area contributed by atoms with Crippen LogP contribution in [0.4, 0.5) is 37.7 Å². The fourth-order valence-corrected chi connectivity index (χ4v) is 2.25. The van der Waals surface area contributed by atoms with Crippen molar-refractivity contribution in [2.75, 3.05) is 18.0 Å². The van der Waals surface area contributed by atoms with Crippen molar-refractivity contribution < 1.29 is 30.9 Å². The maximum absolute atomic E-state index is 13.1. The number of halogens is 6. The summed E-state index contributed by atoms with van der Waals surface area (Å²) in [5.74, 6) is -0.0238. The summed E-state index contributed by atoms with van der Waals surface area (Å²) >= 11 is 0. The Morgan fingerprint density at radius 2 is 1.89 bits per heavy atom. The summed E-state index contributed by atoms with van der Waals surface area (Å²) in [5.41, 5.74) is 2.91. The normalized spacial score (nSPS) is 12.1. The van der Waals surface area contributed by atoms with E-state index in [0.717, 1.165) is 12.1 Å². The summed E-state index contributed by atoms with van der Waals surface area (Å²) in [6.45, 7) is 4.90. The van der Waals surface area contributed by atoms with Crippen LogP contribution in [0.5, 0.6) is 0 Å². The Labute approximate surface area is 149 Å². The second-order valence-corrected chi connectivity index (χ2v) is 5.43. The van der Waals surface area contributed by atoms with E-state index in [-0.39, 0.29) is 30.4 Å².